The van der Waals surface area contributed by atoms with Gasteiger partial charge in [0.15, 0.2) is 0 Å². The molecule has 3 heteroatoms. The number of benzene rings is 1. The first kappa shape index (κ1) is 15.0. The zero-order valence-electron chi connectivity index (χ0n) is 12.6. The number of hydrogen-bond acceptors (Lipinski definition) is 2. The van der Waals surface area contributed by atoms with Crippen LogP contribution >= 0.6 is 0 Å². The van der Waals surface area contributed by atoms with E-state index in [1.807, 2.05) is 30.3 Å². The quantitative estimate of drug-likeness (QED) is 0.867. The lowest BCUT2D eigenvalue weighted by atomic mass is 9.78. The van der Waals surface area contributed by atoms with E-state index in [9.17, 15) is 4.79 Å². The average molecular weight is 274 g/mol. The minimum atomic E-state index is 0.0827. The lowest BCUT2D eigenvalue weighted by Crippen LogP contribution is -2.45. The van der Waals surface area contributed by atoms with E-state index < -0.39 is 0 Å². The van der Waals surface area contributed by atoms with Crippen molar-refractivity contribution in [3.05, 3.63) is 35.9 Å². The number of hydrogen-bond donors (Lipinski definition) is 2. The fourth-order valence-electron chi connectivity index (χ4n) is 2.95. The van der Waals surface area contributed by atoms with E-state index in [1.54, 1.807) is 0 Å². The smallest absolute Gasteiger partial charge is 0.234 e. The van der Waals surface area contributed by atoms with Gasteiger partial charge in [0, 0.05) is 12.6 Å². The first-order valence-corrected chi connectivity index (χ1v) is 7.71. The highest BCUT2D eigenvalue weighted by atomic mass is 16.1. The molecule has 2 rings (SSSR count). The van der Waals surface area contributed by atoms with E-state index in [0.29, 0.717) is 25.0 Å². The summed E-state index contributed by atoms with van der Waals surface area (Å²) in [5.41, 5.74) is 1.14. The number of nitrogens with one attached hydrogen (secondary N) is 2. The Morgan fingerprint density at radius 2 is 1.95 bits per heavy atom. The Morgan fingerprint density at radius 3 is 2.70 bits per heavy atom. The topological polar surface area (TPSA) is 41.1 Å². The highest BCUT2D eigenvalue weighted by Crippen LogP contribution is 2.29. The SMILES string of the molecule is CC1CCCC(NCC(=O)NCc2ccccc2)C1C. The van der Waals surface area contributed by atoms with Gasteiger partial charge in [-0.05, 0) is 23.8 Å². The van der Waals surface area contributed by atoms with Crippen LogP contribution in [0.5, 0.6) is 0 Å². The molecule has 1 fully saturated rings. The molecule has 0 radical (unpaired) electrons. The Kier molecular flexibility index (Phi) is 5.60. The standard InChI is InChI=1S/C17H26N2O/c1-13-7-6-10-16(14(13)2)18-12-17(20)19-11-15-8-4-3-5-9-15/h3-5,8-9,13-14,16,18H,6-7,10-12H2,1-2H3,(H,19,20). The van der Waals surface area contributed by atoms with Crippen LogP contribution in [0.4, 0.5) is 0 Å². The number of rotatable bonds is 5. The maximum atomic E-state index is 11.9. The molecule has 1 aromatic rings. The molecule has 1 saturated carbocycles. The molecule has 1 aliphatic carbocycles. The van der Waals surface area contributed by atoms with Crippen molar-refractivity contribution in [2.24, 2.45) is 11.8 Å². The Labute approximate surface area is 122 Å². The summed E-state index contributed by atoms with van der Waals surface area (Å²) in [6.45, 7) is 5.64. The molecule has 0 heterocycles. The van der Waals surface area contributed by atoms with Crippen molar-refractivity contribution in [2.75, 3.05) is 6.54 Å². The molecule has 110 valence electrons. The fourth-order valence-corrected chi connectivity index (χ4v) is 2.95. The van der Waals surface area contributed by atoms with Gasteiger partial charge in [-0.1, -0.05) is 57.0 Å². The van der Waals surface area contributed by atoms with Gasteiger partial charge >= 0.3 is 0 Å². The predicted molar refractivity (Wildman–Crippen MR) is 82.3 cm³/mol. The van der Waals surface area contributed by atoms with Crippen LogP contribution in [-0.2, 0) is 11.3 Å². The van der Waals surface area contributed by atoms with Crippen LogP contribution in [0.3, 0.4) is 0 Å². The maximum Gasteiger partial charge on any atom is 0.234 e. The summed E-state index contributed by atoms with van der Waals surface area (Å²) >= 11 is 0. The van der Waals surface area contributed by atoms with Crippen LogP contribution in [0.25, 0.3) is 0 Å². The van der Waals surface area contributed by atoms with Gasteiger partial charge in [0.2, 0.25) is 5.91 Å². The first-order chi connectivity index (χ1) is 9.66. The van der Waals surface area contributed by atoms with Crippen LogP contribution in [-0.4, -0.2) is 18.5 Å². The maximum absolute atomic E-state index is 11.9. The van der Waals surface area contributed by atoms with Gasteiger partial charge in [-0.3, -0.25) is 4.79 Å². The second kappa shape index (κ2) is 7.44. The monoisotopic (exact) mass is 274 g/mol. The van der Waals surface area contributed by atoms with Crippen LogP contribution in [0.1, 0.15) is 38.7 Å². The van der Waals surface area contributed by atoms with E-state index in [-0.39, 0.29) is 5.91 Å². The third-order valence-electron chi connectivity index (χ3n) is 4.56. The zero-order valence-corrected chi connectivity index (χ0v) is 12.6. The molecular weight excluding hydrogens is 248 g/mol. The average Bonchev–Trinajstić information content (AvgIpc) is 2.48. The lowest BCUT2D eigenvalue weighted by molar-refractivity contribution is -0.120. The van der Waals surface area contributed by atoms with Crippen molar-refractivity contribution in [3.63, 3.8) is 0 Å². The number of carbonyl (C=O) groups excluding carboxylic acids is 1. The molecule has 1 aliphatic rings. The van der Waals surface area contributed by atoms with Gasteiger partial charge in [0.05, 0.1) is 6.54 Å². The molecule has 0 bridgehead atoms. The van der Waals surface area contributed by atoms with E-state index in [2.05, 4.69) is 24.5 Å². The predicted octanol–water partition coefficient (Wildman–Crippen LogP) is 2.72. The summed E-state index contributed by atoms with van der Waals surface area (Å²) in [4.78, 5) is 11.9. The van der Waals surface area contributed by atoms with Crippen LogP contribution < -0.4 is 10.6 Å². The third kappa shape index (κ3) is 4.34. The second-order valence-corrected chi connectivity index (χ2v) is 6.02. The normalized spacial score (nSPS) is 26.2. The lowest BCUT2D eigenvalue weighted by Gasteiger charge is -2.34. The van der Waals surface area contributed by atoms with Crippen LogP contribution in [0, 0.1) is 11.8 Å². The minimum absolute atomic E-state index is 0.0827. The van der Waals surface area contributed by atoms with Gasteiger partial charge in [0.25, 0.3) is 0 Å². The molecule has 1 aromatic carbocycles. The Bertz CT molecular complexity index is 418. The number of amides is 1. The molecule has 3 unspecified atom stereocenters. The Balaban J connectivity index is 1.70. The second-order valence-electron chi connectivity index (χ2n) is 6.02. The van der Waals surface area contributed by atoms with Crippen LogP contribution in [0.2, 0.25) is 0 Å². The highest BCUT2D eigenvalue weighted by Gasteiger charge is 2.26. The van der Waals surface area contributed by atoms with Gasteiger partial charge in [-0.2, -0.15) is 0 Å². The van der Waals surface area contributed by atoms with Crippen molar-refractivity contribution in [3.8, 4) is 0 Å². The molecular formula is C17H26N2O. The van der Waals surface area contributed by atoms with Gasteiger partial charge in [-0.15, -0.1) is 0 Å². The van der Waals surface area contributed by atoms with E-state index in [1.165, 1.54) is 19.3 Å². The molecule has 1 amide bonds. The molecule has 0 aliphatic heterocycles. The summed E-state index contributed by atoms with van der Waals surface area (Å²) < 4.78 is 0. The summed E-state index contributed by atoms with van der Waals surface area (Å²) in [6.07, 6.45) is 3.78. The fraction of sp³-hybridized carbons (Fsp3) is 0.588. The molecule has 2 N–H and O–H groups in total. The van der Waals surface area contributed by atoms with E-state index in [0.717, 1.165) is 11.5 Å². The van der Waals surface area contributed by atoms with Gasteiger partial charge in [-0.25, -0.2) is 0 Å². The van der Waals surface area contributed by atoms with Gasteiger partial charge < -0.3 is 10.6 Å². The molecule has 0 aromatic heterocycles. The summed E-state index contributed by atoms with van der Waals surface area (Å²) in [7, 11) is 0. The molecule has 3 nitrogen and oxygen atoms in total. The molecule has 3 atom stereocenters. The largest absolute Gasteiger partial charge is 0.351 e. The minimum Gasteiger partial charge on any atom is -0.351 e. The van der Waals surface area contributed by atoms with Crippen molar-refractivity contribution in [1.29, 1.82) is 0 Å². The van der Waals surface area contributed by atoms with Crippen molar-refractivity contribution < 1.29 is 4.79 Å². The molecule has 20 heavy (non-hydrogen) atoms. The van der Waals surface area contributed by atoms with Crippen molar-refractivity contribution in [1.82, 2.24) is 10.6 Å². The van der Waals surface area contributed by atoms with Gasteiger partial charge in [0.1, 0.15) is 0 Å². The van der Waals surface area contributed by atoms with E-state index in [4.69, 9.17) is 0 Å². The third-order valence-corrected chi connectivity index (χ3v) is 4.56. The highest BCUT2D eigenvalue weighted by molar-refractivity contribution is 5.78. The summed E-state index contributed by atoms with van der Waals surface area (Å²) in [5, 5.41) is 6.39. The van der Waals surface area contributed by atoms with E-state index >= 15 is 0 Å². The molecule has 0 saturated heterocycles. The van der Waals surface area contributed by atoms with Crippen LogP contribution in [0.15, 0.2) is 30.3 Å². The molecule has 0 spiro atoms. The first-order valence-electron chi connectivity index (χ1n) is 7.71. The Morgan fingerprint density at radius 1 is 1.20 bits per heavy atom. The summed E-state index contributed by atoms with van der Waals surface area (Å²) in [6, 6.07) is 10.5. The number of carbonyl (C=O) groups is 1. The Hall–Kier alpha value is -1.35. The van der Waals surface area contributed by atoms with Crippen molar-refractivity contribution >= 4 is 5.91 Å². The summed E-state index contributed by atoms with van der Waals surface area (Å²) in [5.74, 6) is 1.50. The van der Waals surface area contributed by atoms with Crippen molar-refractivity contribution in [2.45, 2.75) is 45.7 Å². The zero-order chi connectivity index (χ0) is 14.4.